The van der Waals surface area contributed by atoms with Crippen LogP contribution in [0.5, 0.6) is 0 Å². The Hall–Kier alpha value is -0.660. The maximum absolute atomic E-state index is 12.6. The van der Waals surface area contributed by atoms with Crippen molar-refractivity contribution in [1.29, 1.82) is 0 Å². The molecule has 1 fully saturated rings. The summed E-state index contributed by atoms with van der Waals surface area (Å²) in [7, 11) is -1.45. The fourth-order valence-electron chi connectivity index (χ4n) is 2.55. The first-order valence-corrected chi connectivity index (χ1v) is 8.84. The minimum Gasteiger partial charge on any atom is -0.383 e. The Labute approximate surface area is 121 Å². The van der Waals surface area contributed by atoms with Gasteiger partial charge in [-0.25, -0.2) is 8.42 Å². The molecule has 7 heteroatoms. The van der Waals surface area contributed by atoms with Crippen LogP contribution in [0, 0.1) is 11.8 Å². The highest BCUT2D eigenvalue weighted by Crippen LogP contribution is 2.22. The van der Waals surface area contributed by atoms with Gasteiger partial charge in [0.15, 0.2) is 9.84 Å². The van der Waals surface area contributed by atoms with Crippen molar-refractivity contribution in [3.05, 3.63) is 0 Å². The molecular formula is C13H26N2O4S. The number of carbonyl (C=O) groups excluding carboxylic acids is 1. The van der Waals surface area contributed by atoms with Crippen LogP contribution in [0.1, 0.15) is 20.3 Å². The van der Waals surface area contributed by atoms with Crippen LogP contribution in [0.2, 0.25) is 0 Å². The number of nitrogens with zero attached hydrogens (tertiary/aromatic N) is 1. The van der Waals surface area contributed by atoms with Gasteiger partial charge in [-0.2, -0.15) is 0 Å². The number of ether oxygens (including phenoxy) is 1. The van der Waals surface area contributed by atoms with Crippen molar-refractivity contribution in [2.75, 3.05) is 38.3 Å². The van der Waals surface area contributed by atoms with Crippen LogP contribution in [-0.4, -0.2) is 63.6 Å². The summed E-state index contributed by atoms with van der Waals surface area (Å²) in [5.74, 6) is 0.0219. The number of nitrogens with two attached hydrogens (primary N) is 1. The van der Waals surface area contributed by atoms with E-state index < -0.39 is 9.84 Å². The van der Waals surface area contributed by atoms with Crippen LogP contribution in [0.4, 0.5) is 0 Å². The van der Waals surface area contributed by atoms with Gasteiger partial charge in [0.25, 0.3) is 0 Å². The summed E-state index contributed by atoms with van der Waals surface area (Å²) < 4.78 is 28.3. The minimum atomic E-state index is -3.02. The van der Waals surface area contributed by atoms with Gasteiger partial charge in [0.05, 0.1) is 24.0 Å². The van der Waals surface area contributed by atoms with Gasteiger partial charge in [-0.3, -0.25) is 4.79 Å². The van der Waals surface area contributed by atoms with Gasteiger partial charge in [0.2, 0.25) is 5.91 Å². The highest BCUT2D eigenvalue weighted by Gasteiger charge is 2.37. The van der Waals surface area contributed by atoms with E-state index in [9.17, 15) is 13.2 Å². The Balaban J connectivity index is 2.86. The van der Waals surface area contributed by atoms with Crippen molar-refractivity contribution in [1.82, 2.24) is 4.90 Å². The first-order chi connectivity index (χ1) is 9.32. The molecule has 118 valence electrons. The number of amides is 1. The van der Waals surface area contributed by atoms with Gasteiger partial charge in [-0.05, 0) is 12.3 Å². The van der Waals surface area contributed by atoms with Crippen molar-refractivity contribution in [2.45, 2.75) is 26.3 Å². The molecule has 1 saturated heterocycles. The number of methoxy groups -OCH3 is 1. The number of rotatable bonds is 7. The third-order valence-corrected chi connectivity index (χ3v) is 5.59. The van der Waals surface area contributed by atoms with Crippen LogP contribution in [-0.2, 0) is 19.4 Å². The second kappa shape index (κ2) is 7.38. The molecule has 6 nitrogen and oxygen atoms in total. The molecule has 0 aliphatic carbocycles. The zero-order chi connectivity index (χ0) is 15.3. The van der Waals surface area contributed by atoms with Crippen LogP contribution in [0.25, 0.3) is 0 Å². The Bertz CT molecular complexity index is 422. The van der Waals surface area contributed by atoms with Crippen LogP contribution >= 0.6 is 0 Å². The predicted molar refractivity (Wildman–Crippen MR) is 78.0 cm³/mol. The molecule has 0 bridgehead atoms. The Morgan fingerprint density at radius 3 is 2.50 bits per heavy atom. The van der Waals surface area contributed by atoms with Gasteiger partial charge in [-0.1, -0.05) is 13.8 Å². The van der Waals surface area contributed by atoms with E-state index in [1.165, 1.54) is 0 Å². The molecule has 1 aliphatic rings. The molecule has 0 aromatic carbocycles. The fraction of sp³-hybridized carbons (Fsp3) is 0.923. The zero-order valence-electron chi connectivity index (χ0n) is 12.5. The topological polar surface area (TPSA) is 89.7 Å². The number of hydrogen-bond donors (Lipinski definition) is 1. The summed E-state index contributed by atoms with van der Waals surface area (Å²) in [6.07, 6.45) is 0.507. The summed E-state index contributed by atoms with van der Waals surface area (Å²) in [6.45, 7) is 5.00. The molecule has 20 heavy (non-hydrogen) atoms. The standard InChI is InChI=1S/C13H26N2O4S/c1-10(2)12(8-14)13(16)15(5-6-19-3)11-4-7-20(17,18)9-11/h10-12H,4-9,14H2,1-3H3. The SMILES string of the molecule is COCCN(C(=O)C(CN)C(C)C)C1CCS(=O)(=O)C1. The van der Waals surface area contributed by atoms with Crippen molar-refractivity contribution in [3.8, 4) is 0 Å². The number of hydrogen-bond acceptors (Lipinski definition) is 5. The van der Waals surface area contributed by atoms with E-state index in [4.69, 9.17) is 10.5 Å². The van der Waals surface area contributed by atoms with E-state index in [-0.39, 0.29) is 41.8 Å². The number of carbonyl (C=O) groups is 1. The van der Waals surface area contributed by atoms with E-state index in [2.05, 4.69) is 0 Å². The molecule has 0 saturated carbocycles. The first-order valence-electron chi connectivity index (χ1n) is 7.02. The van der Waals surface area contributed by atoms with E-state index in [1.54, 1.807) is 12.0 Å². The molecule has 2 unspecified atom stereocenters. The molecule has 0 aromatic rings. The van der Waals surface area contributed by atoms with Gasteiger partial charge >= 0.3 is 0 Å². The predicted octanol–water partition coefficient (Wildman–Crippen LogP) is -0.121. The lowest BCUT2D eigenvalue weighted by Crippen LogP contribution is -2.48. The van der Waals surface area contributed by atoms with Crippen LogP contribution in [0.3, 0.4) is 0 Å². The normalized spacial score (nSPS) is 22.9. The monoisotopic (exact) mass is 306 g/mol. The second-order valence-electron chi connectivity index (χ2n) is 5.67. The van der Waals surface area contributed by atoms with Gasteiger partial charge in [0, 0.05) is 26.2 Å². The maximum Gasteiger partial charge on any atom is 0.227 e. The van der Waals surface area contributed by atoms with Gasteiger partial charge < -0.3 is 15.4 Å². The van der Waals surface area contributed by atoms with Gasteiger partial charge in [0.1, 0.15) is 0 Å². The number of sulfone groups is 1. The molecule has 2 atom stereocenters. The Kier molecular flexibility index (Phi) is 6.42. The van der Waals surface area contributed by atoms with E-state index in [1.807, 2.05) is 13.8 Å². The average Bonchev–Trinajstić information content (AvgIpc) is 2.70. The fourth-order valence-corrected chi connectivity index (χ4v) is 4.29. The largest absolute Gasteiger partial charge is 0.383 e. The maximum atomic E-state index is 12.6. The summed E-state index contributed by atoms with van der Waals surface area (Å²) in [5, 5.41) is 0. The van der Waals surface area contributed by atoms with Crippen LogP contribution in [0.15, 0.2) is 0 Å². The van der Waals surface area contributed by atoms with E-state index in [0.717, 1.165) is 0 Å². The van der Waals surface area contributed by atoms with E-state index in [0.29, 0.717) is 19.6 Å². The lowest BCUT2D eigenvalue weighted by Gasteiger charge is -2.32. The molecular weight excluding hydrogens is 280 g/mol. The van der Waals surface area contributed by atoms with Crippen molar-refractivity contribution >= 4 is 15.7 Å². The summed E-state index contributed by atoms with van der Waals surface area (Å²) in [5.41, 5.74) is 5.70. The highest BCUT2D eigenvalue weighted by molar-refractivity contribution is 7.91. The molecule has 1 rings (SSSR count). The molecule has 2 N–H and O–H groups in total. The molecule has 1 heterocycles. The van der Waals surface area contributed by atoms with Crippen molar-refractivity contribution in [3.63, 3.8) is 0 Å². The summed E-state index contributed by atoms with van der Waals surface area (Å²) in [4.78, 5) is 14.3. The zero-order valence-corrected chi connectivity index (χ0v) is 13.4. The molecule has 0 spiro atoms. The van der Waals surface area contributed by atoms with Gasteiger partial charge in [-0.15, -0.1) is 0 Å². The molecule has 1 amide bonds. The second-order valence-corrected chi connectivity index (χ2v) is 7.90. The van der Waals surface area contributed by atoms with Crippen molar-refractivity contribution in [2.24, 2.45) is 17.6 Å². The molecule has 0 radical (unpaired) electrons. The summed E-state index contributed by atoms with van der Waals surface area (Å²) in [6, 6.07) is -0.240. The quantitative estimate of drug-likeness (QED) is 0.708. The van der Waals surface area contributed by atoms with Crippen molar-refractivity contribution < 1.29 is 17.9 Å². The summed E-state index contributed by atoms with van der Waals surface area (Å²) >= 11 is 0. The van der Waals surface area contributed by atoms with E-state index >= 15 is 0 Å². The minimum absolute atomic E-state index is 0.0534. The van der Waals surface area contributed by atoms with Crippen LogP contribution < -0.4 is 5.73 Å². The Morgan fingerprint density at radius 2 is 2.10 bits per heavy atom. The lowest BCUT2D eigenvalue weighted by molar-refractivity contribution is -0.139. The third kappa shape index (κ3) is 4.43. The first kappa shape index (κ1) is 17.4. The third-order valence-electron chi connectivity index (χ3n) is 3.84. The smallest absolute Gasteiger partial charge is 0.227 e. The lowest BCUT2D eigenvalue weighted by atomic mass is 9.93. The Morgan fingerprint density at radius 1 is 1.45 bits per heavy atom. The molecule has 0 aromatic heterocycles. The average molecular weight is 306 g/mol. The molecule has 1 aliphatic heterocycles. The highest BCUT2D eigenvalue weighted by atomic mass is 32.2.